The predicted molar refractivity (Wildman–Crippen MR) is 112 cm³/mol. The first-order valence-corrected chi connectivity index (χ1v) is 10.0. The van der Waals surface area contributed by atoms with E-state index >= 15 is 0 Å². The second kappa shape index (κ2) is 8.51. The summed E-state index contributed by atoms with van der Waals surface area (Å²) >= 11 is 0. The Kier molecular flexibility index (Phi) is 5.63. The molecule has 0 saturated heterocycles. The van der Waals surface area contributed by atoms with E-state index in [2.05, 4.69) is 10.4 Å². The van der Waals surface area contributed by atoms with Crippen LogP contribution in [0.2, 0.25) is 0 Å². The summed E-state index contributed by atoms with van der Waals surface area (Å²) in [5.41, 5.74) is 8.20. The van der Waals surface area contributed by atoms with Crippen molar-refractivity contribution in [2.45, 2.75) is 37.3 Å². The first-order valence-electron chi connectivity index (χ1n) is 10.0. The molecule has 1 aromatic heterocycles. The highest BCUT2D eigenvalue weighted by Gasteiger charge is 2.31. The number of nitrogens with one attached hydrogen (secondary N) is 1. The number of aliphatic hydroxyl groups is 1. The van der Waals surface area contributed by atoms with Crippen LogP contribution in [0.1, 0.15) is 40.5 Å². The van der Waals surface area contributed by atoms with Gasteiger partial charge in [0, 0.05) is 5.92 Å². The topological polar surface area (TPSA) is 110 Å². The third kappa shape index (κ3) is 4.41. The van der Waals surface area contributed by atoms with Gasteiger partial charge in [0.1, 0.15) is 5.69 Å². The Hall–Kier alpha value is -3.45. The zero-order chi connectivity index (χ0) is 21.1. The van der Waals surface area contributed by atoms with Gasteiger partial charge in [0.05, 0.1) is 17.4 Å². The van der Waals surface area contributed by atoms with Gasteiger partial charge in [-0.15, -0.1) is 0 Å². The summed E-state index contributed by atoms with van der Waals surface area (Å²) in [4.78, 5) is 24.8. The van der Waals surface area contributed by atoms with Crippen LogP contribution in [0.3, 0.4) is 0 Å². The third-order valence-corrected chi connectivity index (χ3v) is 5.24. The van der Waals surface area contributed by atoms with E-state index in [4.69, 9.17) is 5.73 Å². The number of amides is 2. The van der Waals surface area contributed by atoms with Crippen molar-refractivity contribution >= 4 is 11.8 Å². The van der Waals surface area contributed by atoms with Gasteiger partial charge < -0.3 is 16.2 Å². The van der Waals surface area contributed by atoms with E-state index in [-0.39, 0.29) is 6.42 Å². The van der Waals surface area contributed by atoms with Crippen molar-refractivity contribution in [1.82, 2.24) is 15.1 Å². The van der Waals surface area contributed by atoms with Crippen LogP contribution < -0.4 is 11.1 Å². The summed E-state index contributed by atoms with van der Waals surface area (Å²) in [5.74, 6) is -0.927. The third-order valence-electron chi connectivity index (χ3n) is 5.24. The molecule has 154 valence electrons. The van der Waals surface area contributed by atoms with E-state index in [1.807, 2.05) is 60.7 Å². The predicted octanol–water partition coefficient (Wildman–Crippen LogP) is 1.94. The lowest BCUT2D eigenvalue weighted by atomic mass is 10.0. The van der Waals surface area contributed by atoms with E-state index in [1.165, 1.54) is 0 Å². The lowest BCUT2D eigenvalue weighted by Crippen LogP contribution is -2.50. The van der Waals surface area contributed by atoms with Gasteiger partial charge in [0.25, 0.3) is 5.91 Å². The normalized spacial score (nSPS) is 15.4. The summed E-state index contributed by atoms with van der Waals surface area (Å²) in [6.07, 6.45) is 0.879. The maximum Gasteiger partial charge on any atom is 0.270 e. The molecule has 0 spiro atoms. The van der Waals surface area contributed by atoms with Crippen LogP contribution in [0, 0.1) is 0 Å². The van der Waals surface area contributed by atoms with Crippen LogP contribution in [0.25, 0.3) is 5.69 Å². The molecule has 1 fully saturated rings. The van der Waals surface area contributed by atoms with Crippen LogP contribution in [0.4, 0.5) is 0 Å². The number of benzene rings is 2. The molecule has 0 aliphatic heterocycles. The zero-order valence-corrected chi connectivity index (χ0v) is 16.4. The van der Waals surface area contributed by atoms with Crippen LogP contribution >= 0.6 is 0 Å². The molecule has 2 atom stereocenters. The number of nitrogens with two attached hydrogens (primary N) is 1. The van der Waals surface area contributed by atoms with E-state index in [1.54, 1.807) is 10.7 Å². The maximum absolute atomic E-state index is 13.2. The van der Waals surface area contributed by atoms with Gasteiger partial charge in [-0.1, -0.05) is 48.5 Å². The molecule has 30 heavy (non-hydrogen) atoms. The molecule has 4 rings (SSSR count). The fraction of sp³-hybridized carbons (Fsp3) is 0.261. The highest BCUT2D eigenvalue weighted by atomic mass is 16.3. The van der Waals surface area contributed by atoms with Crippen molar-refractivity contribution in [2.24, 2.45) is 5.73 Å². The number of carbonyl (C=O) groups excluding carboxylic acids is 2. The summed E-state index contributed by atoms with van der Waals surface area (Å²) in [7, 11) is 0. The van der Waals surface area contributed by atoms with Gasteiger partial charge in [-0.3, -0.25) is 9.59 Å². The number of hydrogen-bond acceptors (Lipinski definition) is 4. The molecule has 1 unspecified atom stereocenters. The van der Waals surface area contributed by atoms with Crippen molar-refractivity contribution in [1.29, 1.82) is 0 Å². The molecule has 2 amide bonds. The van der Waals surface area contributed by atoms with Gasteiger partial charge >= 0.3 is 0 Å². The molecule has 4 N–H and O–H groups in total. The minimum absolute atomic E-state index is 0.269. The average molecular weight is 404 g/mol. The van der Waals surface area contributed by atoms with Crippen LogP contribution in [0.5, 0.6) is 0 Å². The number of hydrogen-bond donors (Lipinski definition) is 3. The van der Waals surface area contributed by atoms with Gasteiger partial charge in [0.2, 0.25) is 5.91 Å². The number of para-hydroxylation sites is 1. The lowest BCUT2D eigenvalue weighted by Gasteiger charge is -2.22. The molecular weight excluding hydrogens is 380 g/mol. The quantitative estimate of drug-likeness (QED) is 0.533. The van der Waals surface area contributed by atoms with Crippen LogP contribution in [-0.4, -0.2) is 38.8 Å². The van der Waals surface area contributed by atoms with Crippen molar-refractivity contribution in [2.75, 3.05) is 0 Å². The van der Waals surface area contributed by atoms with Crippen molar-refractivity contribution in [3.8, 4) is 5.69 Å². The highest BCUT2D eigenvalue weighted by molar-refractivity contribution is 5.94. The summed E-state index contributed by atoms with van der Waals surface area (Å²) < 4.78 is 1.61. The molecule has 0 bridgehead atoms. The minimum Gasteiger partial charge on any atom is -0.381 e. The van der Waals surface area contributed by atoms with E-state index in [0.717, 1.165) is 29.8 Å². The van der Waals surface area contributed by atoms with E-state index in [0.29, 0.717) is 11.6 Å². The minimum atomic E-state index is -1.51. The van der Waals surface area contributed by atoms with Crippen LogP contribution in [0.15, 0.2) is 66.7 Å². The molecule has 1 heterocycles. The second-order valence-electron chi connectivity index (χ2n) is 7.59. The Morgan fingerprint density at radius 2 is 1.73 bits per heavy atom. The lowest BCUT2D eigenvalue weighted by molar-refractivity contribution is -0.127. The van der Waals surface area contributed by atoms with Crippen LogP contribution in [-0.2, 0) is 11.2 Å². The smallest absolute Gasteiger partial charge is 0.270 e. The molecule has 3 aromatic rings. The average Bonchev–Trinajstić information content (AvgIpc) is 3.52. The second-order valence-corrected chi connectivity index (χ2v) is 7.59. The SMILES string of the molecule is NC(=O)C(O)[C@H](Cc1ccccc1)NC(=O)c1cc(C2CC2)nn1-c1ccccc1. The molecular formula is C23H24N4O3. The molecule has 7 nitrogen and oxygen atoms in total. The Labute approximate surface area is 174 Å². The van der Waals surface area contributed by atoms with Gasteiger partial charge in [0.15, 0.2) is 6.10 Å². The Morgan fingerprint density at radius 1 is 1.10 bits per heavy atom. The molecule has 1 saturated carbocycles. The number of rotatable bonds is 8. The number of carbonyl (C=O) groups is 2. The Bertz CT molecular complexity index is 1030. The molecule has 7 heteroatoms. The number of aromatic nitrogens is 2. The maximum atomic E-state index is 13.2. The van der Waals surface area contributed by atoms with Gasteiger partial charge in [-0.2, -0.15) is 5.10 Å². The van der Waals surface area contributed by atoms with Crippen molar-refractivity contribution in [3.63, 3.8) is 0 Å². The Morgan fingerprint density at radius 3 is 2.33 bits per heavy atom. The largest absolute Gasteiger partial charge is 0.381 e. The standard InChI is InChI=1S/C23H24N4O3/c24-22(29)21(28)19(13-15-7-3-1-4-8-15)25-23(30)20-14-18(16-11-12-16)26-27(20)17-9-5-2-6-10-17/h1-10,14,16,19,21,28H,11-13H2,(H2,24,29)(H,25,30)/t19-,21?/m0/s1. The fourth-order valence-electron chi connectivity index (χ4n) is 3.46. The van der Waals surface area contributed by atoms with Gasteiger partial charge in [-0.05, 0) is 43.0 Å². The summed E-state index contributed by atoms with van der Waals surface area (Å²) in [6.45, 7) is 0. The number of aliphatic hydroxyl groups excluding tert-OH is 1. The zero-order valence-electron chi connectivity index (χ0n) is 16.4. The van der Waals surface area contributed by atoms with E-state index < -0.39 is 24.0 Å². The fourth-order valence-corrected chi connectivity index (χ4v) is 3.46. The van der Waals surface area contributed by atoms with Crippen molar-refractivity contribution < 1.29 is 14.7 Å². The molecule has 1 aliphatic carbocycles. The highest BCUT2D eigenvalue weighted by Crippen LogP contribution is 2.39. The van der Waals surface area contributed by atoms with E-state index in [9.17, 15) is 14.7 Å². The van der Waals surface area contributed by atoms with Gasteiger partial charge in [-0.25, -0.2) is 4.68 Å². The van der Waals surface area contributed by atoms with Crippen molar-refractivity contribution in [3.05, 3.63) is 83.7 Å². The monoisotopic (exact) mass is 404 g/mol. The first-order chi connectivity index (χ1) is 14.5. The first kappa shape index (κ1) is 19.8. The summed E-state index contributed by atoms with van der Waals surface area (Å²) in [5, 5.41) is 17.8. The number of primary amides is 1. The number of nitrogens with zero attached hydrogens (tertiary/aromatic N) is 2. The summed E-state index contributed by atoms with van der Waals surface area (Å²) in [6, 6.07) is 19.7. The molecule has 2 aromatic carbocycles. The Balaban J connectivity index is 1.62. The molecule has 0 radical (unpaired) electrons. The molecule has 1 aliphatic rings.